The number of methoxy groups -OCH3 is 1. The van der Waals surface area contributed by atoms with Crippen LogP contribution in [0.15, 0.2) is 55.3 Å². The van der Waals surface area contributed by atoms with E-state index in [1.807, 2.05) is 58.0 Å². The van der Waals surface area contributed by atoms with Crippen LogP contribution in [0.1, 0.15) is 50.8 Å². The third kappa shape index (κ3) is 7.04. The maximum atomic E-state index is 14.2. The van der Waals surface area contributed by atoms with Crippen LogP contribution in [0.2, 0.25) is 0 Å². The maximum Gasteiger partial charge on any atom is 0.254 e. The molecular formula is C36H44N6O7S. The molecule has 0 spiro atoms. The van der Waals surface area contributed by atoms with Crippen molar-refractivity contribution in [3.8, 4) is 11.6 Å². The smallest absolute Gasteiger partial charge is 0.254 e. The highest BCUT2D eigenvalue weighted by Crippen LogP contribution is 2.53. The molecule has 2 aliphatic carbocycles. The summed E-state index contributed by atoms with van der Waals surface area (Å²) in [6.45, 7) is 11.5. The zero-order valence-corrected chi connectivity index (χ0v) is 29.7. The number of aryl methyl sites for hydroxylation is 2. The van der Waals surface area contributed by atoms with E-state index in [-0.39, 0.29) is 25.3 Å². The molecule has 1 saturated heterocycles. The Morgan fingerprint density at radius 3 is 2.52 bits per heavy atom. The van der Waals surface area contributed by atoms with E-state index >= 15 is 0 Å². The Labute approximate surface area is 292 Å². The SMILES string of the molecule is C=C[C@@H]1C[C@@]1(C(=O)NS(=O)(=O)C1CC1)N1C[C@H](Oc2nccc3cc(OC)ccc23)C[C@H]1C(=O)NC(=O)[C@@H](Nc1cc(C)cc(C)n1)C(C)C. The minimum atomic E-state index is -3.88. The molecule has 3 N–H and O–H groups in total. The third-order valence-electron chi connectivity index (χ3n) is 9.75. The Morgan fingerprint density at radius 2 is 1.88 bits per heavy atom. The molecular weight excluding hydrogens is 660 g/mol. The number of nitrogens with zero attached hydrogens (tertiary/aromatic N) is 3. The van der Waals surface area contributed by atoms with Crippen LogP contribution >= 0.6 is 0 Å². The number of hydrogen-bond donors (Lipinski definition) is 3. The first kappa shape index (κ1) is 35.3. The number of pyridine rings is 2. The van der Waals surface area contributed by atoms with Crippen LogP contribution in [0, 0.1) is 25.7 Å². The lowest BCUT2D eigenvalue weighted by Crippen LogP contribution is -2.58. The largest absolute Gasteiger partial charge is 0.497 e. The molecule has 5 atom stereocenters. The van der Waals surface area contributed by atoms with Crippen LogP contribution in [0.3, 0.4) is 0 Å². The number of fused-ring (bicyclic) bond motifs is 1. The van der Waals surface area contributed by atoms with Gasteiger partial charge in [-0.25, -0.2) is 18.4 Å². The first-order valence-electron chi connectivity index (χ1n) is 16.9. The fourth-order valence-corrected chi connectivity index (χ4v) is 8.29. The van der Waals surface area contributed by atoms with Crippen molar-refractivity contribution in [2.45, 2.75) is 82.4 Å². The van der Waals surface area contributed by atoms with Crippen molar-refractivity contribution in [3.63, 3.8) is 0 Å². The van der Waals surface area contributed by atoms with Crippen LogP contribution in [0.5, 0.6) is 11.6 Å². The number of likely N-dealkylation sites (tertiary alicyclic amines) is 1. The van der Waals surface area contributed by atoms with E-state index in [2.05, 4.69) is 31.9 Å². The lowest BCUT2D eigenvalue weighted by atomic mass is 10.0. The van der Waals surface area contributed by atoms with Crippen molar-refractivity contribution >= 4 is 44.3 Å². The van der Waals surface area contributed by atoms with E-state index in [0.29, 0.717) is 30.3 Å². The van der Waals surface area contributed by atoms with Gasteiger partial charge in [-0.1, -0.05) is 19.9 Å². The second kappa shape index (κ2) is 13.6. The first-order chi connectivity index (χ1) is 23.7. The number of ether oxygens (including phenoxy) is 2. The molecule has 50 heavy (non-hydrogen) atoms. The van der Waals surface area contributed by atoms with E-state index in [0.717, 1.165) is 22.0 Å². The zero-order valence-electron chi connectivity index (χ0n) is 28.9. The van der Waals surface area contributed by atoms with Crippen LogP contribution < -0.4 is 24.8 Å². The van der Waals surface area contributed by atoms with Gasteiger partial charge in [-0.05, 0) is 86.4 Å². The molecule has 3 fully saturated rings. The Hall–Kier alpha value is -4.56. The molecule has 0 radical (unpaired) electrons. The zero-order chi connectivity index (χ0) is 36.0. The molecule has 266 valence electrons. The number of sulfonamides is 1. The van der Waals surface area contributed by atoms with Gasteiger partial charge in [-0.3, -0.25) is 29.3 Å². The number of imide groups is 1. The van der Waals surface area contributed by atoms with Crippen LogP contribution in [0.25, 0.3) is 10.8 Å². The van der Waals surface area contributed by atoms with Crippen LogP contribution in [-0.2, 0) is 24.4 Å². The van der Waals surface area contributed by atoms with Gasteiger partial charge < -0.3 is 14.8 Å². The second-order valence-corrected chi connectivity index (χ2v) is 15.8. The number of carbonyl (C=O) groups is 3. The van der Waals surface area contributed by atoms with Gasteiger partial charge in [-0.2, -0.15) is 0 Å². The Kier molecular flexibility index (Phi) is 9.61. The number of benzene rings is 1. The van der Waals surface area contributed by atoms with Gasteiger partial charge in [-0.15, -0.1) is 6.58 Å². The van der Waals surface area contributed by atoms with Gasteiger partial charge in [0.25, 0.3) is 5.91 Å². The van der Waals surface area contributed by atoms with Gasteiger partial charge in [0.05, 0.1) is 18.4 Å². The third-order valence-corrected chi connectivity index (χ3v) is 11.6. The molecule has 2 aromatic heterocycles. The van der Waals surface area contributed by atoms with Crippen molar-refractivity contribution in [3.05, 3.63) is 66.5 Å². The minimum Gasteiger partial charge on any atom is -0.497 e. The van der Waals surface area contributed by atoms with Crippen molar-refractivity contribution in [1.29, 1.82) is 0 Å². The number of carbonyl (C=O) groups excluding carboxylic acids is 3. The minimum absolute atomic E-state index is 0.0973. The van der Waals surface area contributed by atoms with Crippen LogP contribution in [0.4, 0.5) is 5.82 Å². The Morgan fingerprint density at radius 1 is 1.12 bits per heavy atom. The summed E-state index contributed by atoms with van der Waals surface area (Å²) < 4.78 is 39.9. The molecule has 3 amide bonds. The van der Waals surface area contributed by atoms with Gasteiger partial charge in [0.1, 0.15) is 29.3 Å². The molecule has 0 bridgehead atoms. The van der Waals surface area contributed by atoms with E-state index < -0.39 is 62.6 Å². The second-order valence-electron chi connectivity index (χ2n) is 13.9. The maximum absolute atomic E-state index is 14.2. The molecule has 14 heteroatoms. The highest BCUT2D eigenvalue weighted by Gasteiger charge is 2.67. The predicted molar refractivity (Wildman–Crippen MR) is 188 cm³/mol. The number of anilines is 1. The van der Waals surface area contributed by atoms with E-state index in [4.69, 9.17) is 9.47 Å². The fourth-order valence-electron chi connectivity index (χ4n) is 6.93. The lowest BCUT2D eigenvalue weighted by Gasteiger charge is -2.32. The highest BCUT2D eigenvalue weighted by atomic mass is 32.2. The summed E-state index contributed by atoms with van der Waals surface area (Å²) in [6, 6.07) is 9.27. The molecule has 2 saturated carbocycles. The Bertz CT molecular complexity index is 1930. The van der Waals surface area contributed by atoms with Gasteiger partial charge in [0.15, 0.2) is 0 Å². The number of aromatic nitrogens is 2. The summed E-state index contributed by atoms with van der Waals surface area (Å²) in [4.78, 5) is 52.4. The topological polar surface area (TPSA) is 169 Å². The standard InChI is InChI=1S/C36H44N6O7S/c1-7-24-18-36(24,35(45)41-50(46,47)27-9-10-27)42-19-26(49-34-28-11-8-25(48-6)16-23(28)12-13-37-34)17-29(42)32(43)40-33(44)31(20(2)3)39-30-15-21(4)14-22(5)38-30/h7-8,11-16,20,24,26-27,29,31H,1,9-10,17-19H2,2-6H3,(H,38,39)(H,41,45)(H,40,43,44)/t24-,26-,29+,31+,36-/m1/s1. The molecule has 3 heterocycles. The molecule has 1 aromatic carbocycles. The van der Waals surface area contributed by atoms with Gasteiger partial charge >= 0.3 is 0 Å². The van der Waals surface area contributed by atoms with Crippen LogP contribution in [-0.4, -0.2) is 83.6 Å². The molecule has 0 unspecified atom stereocenters. The van der Waals surface area contributed by atoms with Crippen molar-refractivity contribution in [2.75, 3.05) is 19.0 Å². The quantitative estimate of drug-likeness (QED) is 0.223. The number of hydrogen-bond acceptors (Lipinski definition) is 11. The van der Waals surface area contributed by atoms with E-state index in [9.17, 15) is 22.8 Å². The van der Waals surface area contributed by atoms with Gasteiger partial charge in [0.2, 0.25) is 27.7 Å². The first-order valence-corrected chi connectivity index (χ1v) is 18.4. The lowest BCUT2D eigenvalue weighted by molar-refractivity contribution is -0.136. The Balaban J connectivity index is 1.29. The number of nitrogens with one attached hydrogen (secondary N) is 3. The fraction of sp³-hybridized carbons (Fsp3) is 0.472. The number of amides is 3. The average Bonchev–Trinajstić information content (AvgIpc) is 3.99. The monoisotopic (exact) mass is 704 g/mol. The molecule has 6 rings (SSSR count). The summed E-state index contributed by atoms with van der Waals surface area (Å²) in [5.74, 6) is -1.00. The predicted octanol–water partition coefficient (Wildman–Crippen LogP) is 3.41. The molecule has 3 aromatic rings. The summed E-state index contributed by atoms with van der Waals surface area (Å²) >= 11 is 0. The van der Waals surface area contributed by atoms with Crippen molar-refractivity contribution < 1.29 is 32.3 Å². The molecule has 3 aliphatic rings. The molecule has 1 aliphatic heterocycles. The normalized spacial score (nSPS) is 24.0. The average molecular weight is 705 g/mol. The van der Waals surface area contributed by atoms with E-state index in [1.54, 1.807) is 30.3 Å². The van der Waals surface area contributed by atoms with Crippen molar-refractivity contribution in [1.82, 2.24) is 24.9 Å². The summed E-state index contributed by atoms with van der Waals surface area (Å²) in [5, 5.41) is 6.72. The van der Waals surface area contributed by atoms with E-state index in [1.165, 1.54) is 0 Å². The highest BCUT2D eigenvalue weighted by molar-refractivity contribution is 7.91. The summed E-state index contributed by atoms with van der Waals surface area (Å²) in [5.41, 5.74) is 0.387. The molecule has 13 nitrogen and oxygen atoms in total. The van der Waals surface area contributed by atoms with Crippen molar-refractivity contribution in [2.24, 2.45) is 11.8 Å². The summed E-state index contributed by atoms with van der Waals surface area (Å²) in [7, 11) is -2.29. The number of rotatable bonds is 13. The van der Waals surface area contributed by atoms with Gasteiger partial charge in [0, 0.05) is 36.2 Å². The summed E-state index contributed by atoms with van der Waals surface area (Å²) in [6.07, 6.45) is 3.93.